The Labute approximate surface area is 159 Å². The Kier molecular flexibility index (Phi) is 9.94. The van der Waals surface area contributed by atoms with E-state index in [0.717, 1.165) is 12.3 Å². The zero-order valence-corrected chi connectivity index (χ0v) is 16.0. The van der Waals surface area contributed by atoms with E-state index in [-0.39, 0.29) is 30.5 Å². The van der Waals surface area contributed by atoms with Crippen LogP contribution < -0.4 is 15.4 Å². The minimum atomic E-state index is -0.749. The molecular formula is C17H24IN3O3. The van der Waals surface area contributed by atoms with Gasteiger partial charge >= 0.3 is 0 Å². The van der Waals surface area contributed by atoms with Crippen LogP contribution in [0.1, 0.15) is 18.8 Å². The van der Waals surface area contributed by atoms with Gasteiger partial charge in [0.1, 0.15) is 24.2 Å². The monoisotopic (exact) mass is 445 g/mol. The molecule has 2 rings (SSSR count). The highest BCUT2D eigenvalue weighted by Crippen LogP contribution is 2.12. The molecule has 0 aliphatic rings. The third kappa shape index (κ3) is 7.22. The number of hydrogen-bond donors (Lipinski definition) is 3. The number of aliphatic hydroxyl groups is 1. The molecule has 1 atom stereocenters. The first-order valence-electron chi connectivity index (χ1n) is 7.71. The summed E-state index contributed by atoms with van der Waals surface area (Å²) in [5.74, 6) is 1.98. The van der Waals surface area contributed by atoms with Crippen molar-refractivity contribution in [2.24, 2.45) is 4.99 Å². The third-order valence-corrected chi connectivity index (χ3v) is 3.04. The van der Waals surface area contributed by atoms with E-state index in [1.807, 2.05) is 37.3 Å². The first-order valence-corrected chi connectivity index (χ1v) is 7.71. The highest BCUT2D eigenvalue weighted by Gasteiger charge is 2.09. The Hall–Kier alpha value is -1.74. The fourth-order valence-corrected chi connectivity index (χ4v) is 1.95. The molecule has 0 fully saturated rings. The second kappa shape index (κ2) is 11.7. The molecule has 0 saturated carbocycles. The topological polar surface area (TPSA) is 79.0 Å². The molecule has 0 spiro atoms. The molecular weight excluding hydrogens is 421 g/mol. The van der Waals surface area contributed by atoms with Gasteiger partial charge in [-0.25, -0.2) is 0 Å². The summed E-state index contributed by atoms with van der Waals surface area (Å²) in [5, 5.41) is 16.3. The van der Waals surface area contributed by atoms with Crippen molar-refractivity contribution in [1.82, 2.24) is 10.6 Å². The zero-order chi connectivity index (χ0) is 16.3. The minimum Gasteiger partial charge on any atom is -0.492 e. The number of halogens is 1. The van der Waals surface area contributed by atoms with Crippen LogP contribution in [-0.4, -0.2) is 37.3 Å². The number of ether oxygens (including phenoxy) is 1. The average Bonchev–Trinajstić information content (AvgIpc) is 3.11. The normalized spacial score (nSPS) is 12.2. The lowest BCUT2D eigenvalue weighted by Crippen LogP contribution is -2.39. The van der Waals surface area contributed by atoms with Gasteiger partial charge in [0, 0.05) is 6.54 Å². The third-order valence-electron chi connectivity index (χ3n) is 3.04. The number of aliphatic imine (C=N–C) groups is 1. The van der Waals surface area contributed by atoms with Gasteiger partial charge in [0.25, 0.3) is 0 Å². The number of nitrogens with one attached hydrogen (secondary N) is 2. The molecule has 1 aromatic heterocycles. The van der Waals surface area contributed by atoms with Crippen LogP contribution in [0.2, 0.25) is 0 Å². The number of furan rings is 1. The second-order valence-electron chi connectivity index (χ2n) is 4.84. The van der Waals surface area contributed by atoms with Crippen molar-refractivity contribution in [1.29, 1.82) is 0 Å². The highest BCUT2D eigenvalue weighted by molar-refractivity contribution is 14.0. The summed E-state index contributed by atoms with van der Waals surface area (Å²) in [6.45, 7) is 4.08. The first kappa shape index (κ1) is 20.3. The summed E-state index contributed by atoms with van der Waals surface area (Å²) >= 11 is 0. The Bertz CT molecular complexity index is 576. The molecule has 1 heterocycles. The second-order valence-corrected chi connectivity index (χ2v) is 4.84. The van der Waals surface area contributed by atoms with Crippen molar-refractivity contribution in [3.63, 3.8) is 0 Å². The maximum absolute atomic E-state index is 9.97. The Morgan fingerprint density at radius 1 is 1.21 bits per heavy atom. The highest BCUT2D eigenvalue weighted by atomic mass is 127. The van der Waals surface area contributed by atoms with E-state index in [1.54, 1.807) is 12.1 Å². The maximum atomic E-state index is 9.97. The van der Waals surface area contributed by atoms with E-state index in [1.165, 1.54) is 6.26 Å². The maximum Gasteiger partial charge on any atom is 0.191 e. The number of hydrogen-bond acceptors (Lipinski definition) is 4. The van der Waals surface area contributed by atoms with Crippen LogP contribution in [0.3, 0.4) is 0 Å². The lowest BCUT2D eigenvalue weighted by atomic mass is 10.3. The smallest absolute Gasteiger partial charge is 0.191 e. The molecule has 6 nitrogen and oxygen atoms in total. The number of benzene rings is 1. The van der Waals surface area contributed by atoms with Crippen LogP contribution in [0.25, 0.3) is 0 Å². The van der Waals surface area contributed by atoms with Crippen LogP contribution in [0.15, 0.2) is 58.1 Å². The molecule has 0 amide bonds. The standard InChI is InChI=1S/C17H23N3O3.HI/c1-2-18-17(20-13-15(21)16-9-6-11-23-16)19-10-12-22-14-7-4-3-5-8-14;/h3-9,11,15,21H,2,10,12-13H2,1H3,(H2,18,19,20);1H. The summed E-state index contributed by atoms with van der Waals surface area (Å²) < 4.78 is 10.8. The van der Waals surface area contributed by atoms with Crippen LogP contribution in [-0.2, 0) is 0 Å². The van der Waals surface area contributed by atoms with Gasteiger partial charge in [0.2, 0.25) is 0 Å². The van der Waals surface area contributed by atoms with Crippen LogP contribution in [0.4, 0.5) is 0 Å². The summed E-state index contributed by atoms with van der Waals surface area (Å²) in [6, 6.07) is 13.1. The van der Waals surface area contributed by atoms with Gasteiger partial charge in [0.15, 0.2) is 5.96 Å². The largest absolute Gasteiger partial charge is 0.492 e. The van der Waals surface area contributed by atoms with Gasteiger partial charge in [-0.1, -0.05) is 18.2 Å². The number of nitrogens with zero attached hydrogens (tertiary/aromatic N) is 1. The minimum absolute atomic E-state index is 0. The molecule has 1 unspecified atom stereocenters. The molecule has 3 N–H and O–H groups in total. The van der Waals surface area contributed by atoms with Gasteiger partial charge in [-0.15, -0.1) is 24.0 Å². The molecule has 24 heavy (non-hydrogen) atoms. The summed E-state index contributed by atoms with van der Waals surface area (Å²) in [6.07, 6.45) is 0.785. The van der Waals surface area contributed by atoms with Crippen LogP contribution >= 0.6 is 24.0 Å². The van der Waals surface area contributed by atoms with Crippen molar-refractivity contribution >= 4 is 29.9 Å². The predicted octanol–water partition coefficient (Wildman–Crippen LogP) is 2.57. The molecule has 7 heteroatoms. The van der Waals surface area contributed by atoms with Gasteiger partial charge < -0.3 is 24.9 Å². The number of guanidine groups is 1. The Morgan fingerprint density at radius 3 is 2.67 bits per heavy atom. The van der Waals surface area contributed by atoms with Crippen molar-refractivity contribution in [3.05, 3.63) is 54.5 Å². The molecule has 2 aromatic rings. The van der Waals surface area contributed by atoms with Crippen LogP contribution in [0, 0.1) is 0 Å². The lowest BCUT2D eigenvalue weighted by Gasteiger charge is -2.13. The predicted molar refractivity (Wildman–Crippen MR) is 105 cm³/mol. The van der Waals surface area contributed by atoms with E-state index < -0.39 is 6.10 Å². The summed E-state index contributed by atoms with van der Waals surface area (Å²) in [5.41, 5.74) is 0. The van der Waals surface area contributed by atoms with E-state index >= 15 is 0 Å². The zero-order valence-electron chi connectivity index (χ0n) is 13.6. The fraction of sp³-hybridized carbons (Fsp3) is 0.353. The molecule has 0 saturated heterocycles. The fourth-order valence-electron chi connectivity index (χ4n) is 1.95. The lowest BCUT2D eigenvalue weighted by molar-refractivity contribution is 0.158. The number of rotatable bonds is 8. The quantitative estimate of drug-likeness (QED) is 0.252. The van der Waals surface area contributed by atoms with Crippen molar-refractivity contribution in [3.8, 4) is 5.75 Å². The summed E-state index contributed by atoms with van der Waals surface area (Å²) in [7, 11) is 0. The molecule has 0 bridgehead atoms. The van der Waals surface area contributed by atoms with E-state index in [9.17, 15) is 5.11 Å². The Balaban J connectivity index is 0.00000288. The molecule has 1 aromatic carbocycles. The van der Waals surface area contributed by atoms with Gasteiger partial charge in [0.05, 0.1) is 19.4 Å². The van der Waals surface area contributed by atoms with E-state index in [0.29, 0.717) is 24.9 Å². The van der Waals surface area contributed by atoms with E-state index in [2.05, 4.69) is 15.6 Å². The number of aliphatic hydroxyl groups excluding tert-OH is 1. The Morgan fingerprint density at radius 2 is 2.00 bits per heavy atom. The van der Waals surface area contributed by atoms with E-state index in [4.69, 9.17) is 9.15 Å². The van der Waals surface area contributed by atoms with Crippen molar-refractivity contribution in [2.45, 2.75) is 13.0 Å². The molecule has 0 aliphatic carbocycles. The van der Waals surface area contributed by atoms with Crippen molar-refractivity contribution < 1.29 is 14.3 Å². The molecule has 0 radical (unpaired) electrons. The SMILES string of the molecule is CCNC(=NCC(O)c1ccco1)NCCOc1ccccc1.I. The van der Waals surface area contributed by atoms with Gasteiger partial charge in [-0.2, -0.15) is 0 Å². The summed E-state index contributed by atoms with van der Waals surface area (Å²) in [4.78, 5) is 4.34. The average molecular weight is 445 g/mol. The number of para-hydroxylation sites is 1. The van der Waals surface area contributed by atoms with Crippen LogP contribution in [0.5, 0.6) is 5.75 Å². The first-order chi connectivity index (χ1) is 11.3. The van der Waals surface area contributed by atoms with Crippen molar-refractivity contribution in [2.75, 3.05) is 26.2 Å². The molecule has 0 aliphatic heterocycles. The van der Waals surface area contributed by atoms with Gasteiger partial charge in [-0.05, 0) is 31.2 Å². The van der Waals surface area contributed by atoms with Gasteiger partial charge in [-0.3, -0.25) is 4.99 Å². The molecule has 132 valence electrons.